The normalized spacial score (nSPS) is 15.1. The molecule has 1 aliphatic heterocycles. The average Bonchev–Trinajstić information content (AvgIpc) is 3.45. The summed E-state index contributed by atoms with van der Waals surface area (Å²) in [6.45, 7) is 1.78. The Morgan fingerprint density at radius 3 is 2.60 bits per heavy atom. The van der Waals surface area contributed by atoms with Crippen molar-refractivity contribution < 1.29 is 27.8 Å². The molecule has 4 aromatic rings. The number of carbonyl (C=O) groups is 1. The van der Waals surface area contributed by atoms with Crippen LogP contribution in [0.25, 0.3) is 22.4 Å². The smallest absolute Gasteiger partial charge is 0.387 e. The minimum absolute atomic E-state index is 0.00196. The molecule has 5 rings (SSSR count). The molecule has 0 unspecified atom stereocenters. The topological polar surface area (TPSA) is 120 Å². The Balaban J connectivity index is 1.38. The van der Waals surface area contributed by atoms with Crippen LogP contribution in [0.1, 0.15) is 36.5 Å². The van der Waals surface area contributed by atoms with Crippen LogP contribution in [-0.2, 0) is 17.9 Å². The van der Waals surface area contributed by atoms with Gasteiger partial charge in [-0.05, 0) is 55.7 Å². The molecule has 0 bridgehead atoms. The number of benzene rings is 2. The molecule has 3 heterocycles. The first-order valence-corrected chi connectivity index (χ1v) is 15.6. The Bertz CT molecular complexity index is 1730. The zero-order valence-electron chi connectivity index (χ0n) is 25.9. The maximum atomic E-state index is 15.3. The number of anilines is 2. The molecule has 0 radical (unpaired) electrons. The molecule has 248 valence electrons. The molecular formula is C34H36ClF3N6O3. The first kappa shape index (κ1) is 34.1. The predicted octanol–water partition coefficient (Wildman–Crippen LogP) is 6.10. The van der Waals surface area contributed by atoms with Gasteiger partial charge in [0.25, 0.3) is 0 Å². The molecular weight excluding hydrogens is 633 g/mol. The molecule has 13 heteroatoms. The Hall–Kier alpha value is -4.23. The SMILES string of the molecule is Cc1c(Nc2nccc(CNC[C@@H](C)O)c2F)cccc1-c1ccnc(-c2ccc(CNC[C@@H]3CCC(=O)N3)c(OC(F)F)c2)c1Cl. The highest BCUT2D eigenvalue weighted by Crippen LogP contribution is 2.39. The molecule has 9 nitrogen and oxygen atoms in total. The fourth-order valence-corrected chi connectivity index (χ4v) is 5.75. The number of aliphatic hydroxyl groups is 1. The van der Waals surface area contributed by atoms with Gasteiger partial charge in [0, 0.05) is 79.0 Å². The molecule has 0 aliphatic carbocycles. The maximum Gasteiger partial charge on any atom is 0.387 e. The van der Waals surface area contributed by atoms with Crippen LogP contribution in [-0.4, -0.2) is 52.8 Å². The van der Waals surface area contributed by atoms with E-state index in [-0.39, 0.29) is 36.6 Å². The van der Waals surface area contributed by atoms with Gasteiger partial charge in [-0.3, -0.25) is 9.78 Å². The van der Waals surface area contributed by atoms with Crippen LogP contribution in [0.3, 0.4) is 0 Å². The number of hydrogen-bond acceptors (Lipinski definition) is 8. The van der Waals surface area contributed by atoms with Crippen molar-refractivity contribution >= 4 is 29.0 Å². The van der Waals surface area contributed by atoms with Crippen LogP contribution in [0.5, 0.6) is 5.75 Å². The lowest BCUT2D eigenvalue weighted by Gasteiger charge is -2.17. The molecule has 0 spiro atoms. The number of rotatable bonds is 14. The zero-order chi connectivity index (χ0) is 33.5. The molecule has 1 saturated heterocycles. The van der Waals surface area contributed by atoms with Crippen molar-refractivity contribution in [3.63, 3.8) is 0 Å². The number of nitrogens with zero attached hydrogens (tertiary/aromatic N) is 2. The summed E-state index contributed by atoms with van der Waals surface area (Å²) in [5.41, 5.74) is 4.55. The molecule has 0 saturated carbocycles. The van der Waals surface area contributed by atoms with Crippen molar-refractivity contribution in [3.8, 4) is 28.1 Å². The van der Waals surface area contributed by atoms with Crippen LogP contribution in [0.2, 0.25) is 5.02 Å². The fraction of sp³-hybridized carbons (Fsp3) is 0.324. The van der Waals surface area contributed by atoms with Gasteiger partial charge < -0.3 is 31.1 Å². The molecule has 47 heavy (non-hydrogen) atoms. The van der Waals surface area contributed by atoms with Crippen LogP contribution < -0.4 is 26.0 Å². The summed E-state index contributed by atoms with van der Waals surface area (Å²) in [5.74, 6) is -0.464. The van der Waals surface area contributed by atoms with Crippen molar-refractivity contribution in [1.82, 2.24) is 25.9 Å². The number of alkyl halides is 2. The van der Waals surface area contributed by atoms with Gasteiger partial charge in [-0.25, -0.2) is 9.37 Å². The number of aromatic nitrogens is 2. The molecule has 1 amide bonds. The van der Waals surface area contributed by atoms with E-state index in [1.54, 1.807) is 49.5 Å². The number of aliphatic hydroxyl groups excluding tert-OH is 1. The van der Waals surface area contributed by atoms with Crippen molar-refractivity contribution in [1.29, 1.82) is 0 Å². The largest absolute Gasteiger partial charge is 0.434 e. The van der Waals surface area contributed by atoms with Gasteiger partial charge in [0.1, 0.15) is 5.75 Å². The van der Waals surface area contributed by atoms with E-state index in [4.69, 9.17) is 16.3 Å². The first-order chi connectivity index (χ1) is 22.6. The Labute approximate surface area is 275 Å². The Morgan fingerprint density at radius 1 is 1.06 bits per heavy atom. The quantitative estimate of drug-likeness (QED) is 0.109. The Kier molecular flexibility index (Phi) is 11.3. The minimum Gasteiger partial charge on any atom is -0.434 e. The third-order valence-corrected chi connectivity index (χ3v) is 8.22. The number of hydrogen-bond donors (Lipinski definition) is 5. The van der Waals surface area contributed by atoms with Gasteiger partial charge in [-0.15, -0.1) is 0 Å². The third kappa shape index (κ3) is 8.58. The highest BCUT2D eigenvalue weighted by molar-refractivity contribution is 6.35. The summed E-state index contributed by atoms with van der Waals surface area (Å²) in [6, 6.07) is 13.7. The summed E-state index contributed by atoms with van der Waals surface area (Å²) < 4.78 is 47.0. The molecule has 2 aromatic carbocycles. The highest BCUT2D eigenvalue weighted by atomic mass is 35.5. The maximum absolute atomic E-state index is 15.3. The van der Waals surface area contributed by atoms with E-state index >= 15 is 4.39 Å². The Morgan fingerprint density at radius 2 is 1.85 bits per heavy atom. The number of halogens is 4. The summed E-state index contributed by atoms with van der Waals surface area (Å²) in [7, 11) is 0. The van der Waals surface area contributed by atoms with Crippen molar-refractivity contribution in [2.75, 3.05) is 18.4 Å². The molecule has 2 atom stereocenters. The van der Waals surface area contributed by atoms with E-state index < -0.39 is 18.5 Å². The number of ether oxygens (including phenoxy) is 1. The predicted molar refractivity (Wildman–Crippen MR) is 175 cm³/mol. The lowest BCUT2D eigenvalue weighted by Crippen LogP contribution is -2.35. The second kappa shape index (κ2) is 15.6. The van der Waals surface area contributed by atoms with Crippen LogP contribution in [0, 0.1) is 12.7 Å². The van der Waals surface area contributed by atoms with E-state index in [0.29, 0.717) is 64.6 Å². The second-order valence-corrected chi connectivity index (χ2v) is 11.7. The van der Waals surface area contributed by atoms with Crippen molar-refractivity contribution in [2.45, 2.75) is 58.5 Å². The lowest BCUT2D eigenvalue weighted by atomic mass is 9.97. The fourth-order valence-electron chi connectivity index (χ4n) is 5.43. The van der Waals surface area contributed by atoms with Gasteiger partial charge in [0.05, 0.1) is 16.8 Å². The van der Waals surface area contributed by atoms with Crippen LogP contribution >= 0.6 is 11.6 Å². The van der Waals surface area contributed by atoms with Gasteiger partial charge in [0.2, 0.25) is 5.91 Å². The molecule has 2 aromatic heterocycles. The standard InChI is InChI=1S/C34H36ClF3N6O3/c1-19(45)15-39-17-23-10-12-42-33(31(23)36)44-27-5-3-4-25(20(27)2)26-11-13-41-32(30(26)35)21-6-7-22(28(14-21)47-34(37)38)16-40-18-24-8-9-29(46)43-24/h3-7,10-14,19,24,34,39-40,45H,8-9,15-18H2,1-2H3,(H,42,44)(H,43,46)/t19-,24+/m1/s1. The monoisotopic (exact) mass is 668 g/mol. The summed E-state index contributed by atoms with van der Waals surface area (Å²) >= 11 is 6.93. The zero-order valence-corrected chi connectivity index (χ0v) is 26.7. The number of carbonyl (C=O) groups excluding carboxylic acids is 1. The number of nitrogens with one attached hydrogen (secondary N) is 4. The third-order valence-electron chi connectivity index (χ3n) is 7.84. The number of amides is 1. The molecule has 5 N–H and O–H groups in total. The summed E-state index contributed by atoms with van der Waals surface area (Å²) in [4.78, 5) is 20.1. The number of pyridine rings is 2. The van der Waals surface area contributed by atoms with Crippen molar-refractivity contribution in [3.05, 3.63) is 88.5 Å². The van der Waals surface area contributed by atoms with Crippen LogP contribution in [0.15, 0.2) is 60.9 Å². The van der Waals surface area contributed by atoms with E-state index in [2.05, 4.69) is 31.2 Å². The van der Waals surface area contributed by atoms with E-state index in [9.17, 15) is 18.7 Å². The van der Waals surface area contributed by atoms with Gasteiger partial charge >= 0.3 is 6.61 Å². The lowest BCUT2D eigenvalue weighted by molar-refractivity contribution is -0.119. The summed E-state index contributed by atoms with van der Waals surface area (Å²) in [5, 5.41) is 21.9. The van der Waals surface area contributed by atoms with Gasteiger partial charge in [-0.1, -0.05) is 35.9 Å². The van der Waals surface area contributed by atoms with Crippen molar-refractivity contribution in [2.24, 2.45) is 0 Å². The first-order valence-electron chi connectivity index (χ1n) is 15.2. The van der Waals surface area contributed by atoms with Gasteiger partial charge in [0.15, 0.2) is 11.6 Å². The van der Waals surface area contributed by atoms with E-state index in [1.807, 2.05) is 13.0 Å². The average molecular weight is 669 g/mol. The highest BCUT2D eigenvalue weighted by Gasteiger charge is 2.21. The van der Waals surface area contributed by atoms with Crippen LogP contribution in [0.4, 0.5) is 24.7 Å². The summed E-state index contributed by atoms with van der Waals surface area (Å²) in [6.07, 6.45) is 3.73. The molecule has 1 aliphatic rings. The van der Waals surface area contributed by atoms with E-state index in [1.165, 1.54) is 12.3 Å². The minimum atomic E-state index is -3.04. The molecule has 1 fully saturated rings. The van der Waals surface area contributed by atoms with Gasteiger partial charge in [-0.2, -0.15) is 8.78 Å². The van der Waals surface area contributed by atoms with E-state index in [0.717, 1.165) is 11.1 Å². The second-order valence-electron chi connectivity index (χ2n) is 11.4.